The quantitative estimate of drug-likeness (QED) is 0.155. The Labute approximate surface area is 239 Å². The zero-order chi connectivity index (χ0) is 28.0. The van der Waals surface area contributed by atoms with E-state index in [-0.39, 0.29) is 22.3 Å². The van der Waals surface area contributed by atoms with Crippen molar-refractivity contribution in [3.8, 4) is 18.4 Å². The molecule has 2 heterocycles. The van der Waals surface area contributed by atoms with Crippen LogP contribution in [0, 0.1) is 29.6 Å². The van der Waals surface area contributed by atoms with Crippen LogP contribution in [-0.4, -0.2) is 16.6 Å². The molecule has 196 valence electrons. The number of carboxylic acids is 1. The van der Waals surface area contributed by atoms with Crippen LogP contribution < -0.4 is 4.90 Å². The summed E-state index contributed by atoms with van der Waals surface area (Å²) in [5.74, 6) is 1.91. The van der Waals surface area contributed by atoms with Crippen LogP contribution >= 0.6 is 23.1 Å². The number of aliphatic carboxylic acids is 1. The Hall–Kier alpha value is -3.97. The molecular formula is C33H30N2O2S2. The highest BCUT2D eigenvalue weighted by atomic mass is 32.2. The Morgan fingerprint density at radius 2 is 2.03 bits per heavy atom. The second-order valence-electron chi connectivity index (χ2n) is 9.59. The van der Waals surface area contributed by atoms with Crippen molar-refractivity contribution in [3.05, 3.63) is 117 Å². The van der Waals surface area contributed by atoms with Crippen molar-refractivity contribution in [2.45, 2.75) is 38.0 Å². The molecule has 3 unspecified atom stereocenters. The SMILES string of the molecule is C#C/C(=C\C=C/C)N(c1ccccc1)C1(C)C=CC(c2ccc(C3SC(/C=C(\C#N)C(=O)O)=CC3C)s2)=CC1. The number of thiophene rings is 1. The molecule has 1 aliphatic carbocycles. The number of anilines is 1. The summed E-state index contributed by atoms with van der Waals surface area (Å²) in [5.41, 5.74) is 2.44. The van der Waals surface area contributed by atoms with Crippen molar-refractivity contribution in [2.24, 2.45) is 5.92 Å². The zero-order valence-electron chi connectivity index (χ0n) is 22.2. The van der Waals surface area contributed by atoms with Gasteiger partial charge in [0.15, 0.2) is 0 Å². The third-order valence-corrected chi connectivity index (χ3v) is 9.54. The van der Waals surface area contributed by atoms with Gasteiger partial charge in [-0.1, -0.05) is 67.5 Å². The lowest BCUT2D eigenvalue weighted by atomic mass is 9.87. The maximum absolute atomic E-state index is 11.2. The number of para-hydroxylation sites is 1. The molecule has 4 nitrogen and oxygen atoms in total. The summed E-state index contributed by atoms with van der Waals surface area (Å²) in [7, 11) is 0. The van der Waals surface area contributed by atoms with Gasteiger partial charge in [-0.2, -0.15) is 5.26 Å². The summed E-state index contributed by atoms with van der Waals surface area (Å²) in [6, 6.07) is 16.3. The number of thioether (sulfide) groups is 1. The van der Waals surface area contributed by atoms with Gasteiger partial charge in [-0.05, 0) is 68.2 Å². The normalized spacial score (nSPS) is 23.2. The summed E-state index contributed by atoms with van der Waals surface area (Å²) in [6.45, 7) is 6.30. The fraction of sp³-hybridized carbons (Fsp3) is 0.212. The number of allylic oxidation sites excluding steroid dienone is 8. The minimum atomic E-state index is -1.20. The number of hydrogen-bond donors (Lipinski definition) is 1. The van der Waals surface area contributed by atoms with Crippen molar-refractivity contribution in [2.75, 3.05) is 4.90 Å². The van der Waals surface area contributed by atoms with E-state index in [0.717, 1.165) is 22.7 Å². The first-order valence-corrected chi connectivity index (χ1v) is 14.4. The lowest BCUT2D eigenvalue weighted by molar-refractivity contribution is -0.132. The lowest BCUT2D eigenvalue weighted by Crippen LogP contribution is -2.44. The summed E-state index contributed by atoms with van der Waals surface area (Å²) < 4.78 is 0. The Balaban J connectivity index is 1.55. The van der Waals surface area contributed by atoms with Gasteiger partial charge in [0.05, 0.1) is 11.2 Å². The zero-order valence-corrected chi connectivity index (χ0v) is 23.8. The molecule has 1 aliphatic heterocycles. The van der Waals surface area contributed by atoms with E-state index in [1.54, 1.807) is 29.2 Å². The lowest BCUT2D eigenvalue weighted by Gasteiger charge is -2.42. The molecule has 0 radical (unpaired) electrons. The fourth-order valence-corrected chi connectivity index (χ4v) is 7.39. The van der Waals surface area contributed by atoms with Gasteiger partial charge in [-0.25, -0.2) is 4.79 Å². The van der Waals surface area contributed by atoms with Crippen molar-refractivity contribution in [3.63, 3.8) is 0 Å². The Morgan fingerprint density at radius 3 is 2.64 bits per heavy atom. The highest BCUT2D eigenvalue weighted by molar-refractivity contribution is 8.03. The first kappa shape index (κ1) is 28.0. The van der Waals surface area contributed by atoms with Crippen molar-refractivity contribution in [1.82, 2.24) is 0 Å². The van der Waals surface area contributed by atoms with Gasteiger partial charge in [0, 0.05) is 25.6 Å². The predicted octanol–water partition coefficient (Wildman–Crippen LogP) is 8.29. The summed E-state index contributed by atoms with van der Waals surface area (Å²) in [4.78, 5) is 16.7. The van der Waals surface area contributed by atoms with Crippen molar-refractivity contribution < 1.29 is 9.90 Å². The number of nitriles is 1. The first-order valence-electron chi connectivity index (χ1n) is 12.7. The van der Waals surface area contributed by atoms with Gasteiger partial charge >= 0.3 is 5.97 Å². The number of rotatable bonds is 8. The molecule has 39 heavy (non-hydrogen) atoms. The third kappa shape index (κ3) is 6.20. The standard InChI is InChI=1S/C33H30N2O2S2/c1-5-7-11-26(6-2)35(27-12-9-8-10-13-27)33(4)18-16-24(17-19-33)29-14-15-30(39-29)31-23(3)20-28(38-31)21-25(22-34)32(36)37/h2,5,7-18,20-21,23,31H,19H2,1,3-4H3,(H,36,37)/b7-5-,25-21+,26-11+. The number of benzene rings is 1. The van der Waals surface area contributed by atoms with Gasteiger partial charge in [0.1, 0.15) is 11.6 Å². The van der Waals surface area contributed by atoms with E-state index < -0.39 is 5.97 Å². The summed E-state index contributed by atoms with van der Waals surface area (Å²) in [5, 5.41) is 18.5. The van der Waals surface area contributed by atoms with Crippen LogP contribution in [0.15, 0.2) is 107 Å². The van der Waals surface area contributed by atoms with Gasteiger partial charge < -0.3 is 10.0 Å². The molecule has 0 bridgehead atoms. The topological polar surface area (TPSA) is 64.3 Å². The molecule has 0 saturated carbocycles. The molecule has 2 aliphatic rings. The molecule has 0 amide bonds. The minimum Gasteiger partial charge on any atom is -0.477 e. The second-order valence-corrected chi connectivity index (χ2v) is 11.9. The van der Waals surface area contributed by atoms with Crippen LogP contribution in [-0.2, 0) is 4.79 Å². The number of carbonyl (C=O) groups is 1. The van der Waals surface area contributed by atoms with Crippen LogP contribution in [0.4, 0.5) is 5.69 Å². The maximum Gasteiger partial charge on any atom is 0.346 e. The van der Waals surface area contributed by atoms with Crippen molar-refractivity contribution in [1.29, 1.82) is 5.26 Å². The highest BCUT2D eigenvalue weighted by Crippen LogP contribution is 2.50. The average Bonchev–Trinajstić information content (AvgIpc) is 3.56. The predicted molar refractivity (Wildman–Crippen MR) is 164 cm³/mol. The van der Waals surface area contributed by atoms with Crippen LogP contribution in [0.5, 0.6) is 0 Å². The van der Waals surface area contributed by atoms with Crippen LogP contribution in [0.25, 0.3) is 5.57 Å². The molecule has 1 N–H and O–H groups in total. The molecule has 1 aromatic carbocycles. The van der Waals surface area contributed by atoms with E-state index in [1.165, 1.54) is 21.4 Å². The average molecular weight is 551 g/mol. The first-order chi connectivity index (χ1) is 18.8. The van der Waals surface area contributed by atoms with Crippen LogP contribution in [0.3, 0.4) is 0 Å². The Bertz CT molecular complexity index is 1510. The third-order valence-electron chi connectivity index (χ3n) is 6.71. The number of terminal acetylenes is 1. The van der Waals surface area contributed by atoms with Gasteiger partial charge in [0.2, 0.25) is 0 Å². The molecule has 1 aromatic heterocycles. The van der Waals surface area contributed by atoms with E-state index in [1.807, 2.05) is 49.4 Å². The smallest absolute Gasteiger partial charge is 0.346 e. The summed E-state index contributed by atoms with van der Waals surface area (Å²) in [6.07, 6.45) is 22.9. The Kier molecular flexibility index (Phi) is 8.82. The van der Waals surface area contributed by atoms with Crippen molar-refractivity contribution >= 4 is 40.3 Å². The van der Waals surface area contributed by atoms with Crippen LogP contribution in [0.2, 0.25) is 0 Å². The van der Waals surface area contributed by atoms with E-state index in [9.17, 15) is 9.90 Å². The number of hydrogen-bond acceptors (Lipinski definition) is 5. The monoisotopic (exact) mass is 550 g/mol. The molecule has 0 fully saturated rings. The van der Waals surface area contributed by atoms with Gasteiger partial charge in [-0.3, -0.25) is 0 Å². The van der Waals surface area contributed by atoms with E-state index >= 15 is 0 Å². The highest BCUT2D eigenvalue weighted by Gasteiger charge is 2.33. The largest absolute Gasteiger partial charge is 0.477 e. The molecule has 6 heteroatoms. The number of nitrogens with zero attached hydrogens (tertiary/aromatic N) is 2. The minimum absolute atomic E-state index is 0.186. The summed E-state index contributed by atoms with van der Waals surface area (Å²) >= 11 is 3.37. The Morgan fingerprint density at radius 1 is 1.26 bits per heavy atom. The van der Waals surface area contributed by atoms with E-state index in [0.29, 0.717) is 0 Å². The molecule has 0 saturated heterocycles. The molecule has 0 spiro atoms. The molecule has 4 rings (SSSR count). The second kappa shape index (κ2) is 12.3. The van der Waals surface area contributed by atoms with E-state index in [4.69, 9.17) is 11.7 Å². The van der Waals surface area contributed by atoms with Gasteiger partial charge in [0.25, 0.3) is 0 Å². The van der Waals surface area contributed by atoms with Gasteiger partial charge in [-0.15, -0.1) is 29.5 Å². The molecular weight excluding hydrogens is 521 g/mol. The molecule has 3 atom stereocenters. The maximum atomic E-state index is 11.2. The molecule has 2 aromatic rings. The fourth-order valence-electron chi connectivity index (χ4n) is 4.72. The number of carboxylic acid groups (broad SMARTS) is 1. The van der Waals surface area contributed by atoms with E-state index in [2.05, 4.69) is 67.2 Å². The van der Waals surface area contributed by atoms with Crippen LogP contribution in [0.1, 0.15) is 42.2 Å².